The van der Waals surface area contributed by atoms with Gasteiger partial charge in [0.15, 0.2) is 0 Å². The Labute approximate surface area is 341 Å². The molecule has 8 aliphatic rings. The van der Waals surface area contributed by atoms with Crippen molar-refractivity contribution in [3.05, 3.63) is 215 Å². The predicted octanol–water partition coefficient (Wildman–Crippen LogP) is 15.1. The topological polar surface area (TPSA) is 0 Å². The summed E-state index contributed by atoms with van der Waals surface area (Å²) in [6.07, 6.45) is 40.5. The fourth-order valence-electron chi connectivity index (χ4n) is 12.2. The number of allylic oxidation sites excluding steroid dienone is 22. The molecule has 0 saturated carbocycles. The van der Waals surface area contributed by atoms with Crippen LogP contribution >= 0.6 is 0 Å². The Balaban J connectivity index is 1.05. The summed E-state index contributed by atoms with van der Waals surface area (Å²) in [6, 6.07) is 32.4. The van der Waals surface area contributed by atoms with Crippen molar-refractivity contribution in [1.29, 1.82) is 0 Å². The van der Waals surface area contributed by atoms with Crippen molar-refractivity contribution in [3.63, 3.8) is 0 Å². The van der Waals surface area contributed by atoms with E-state index in [1.807, 2.05) is 0 Å². The number of hydrogen-bond acceptors (Lipinski definition) is 0. The Hall–Kier alpha value is -6.24. The highest BCUT2D eigenvalue weighted by Gasteiger charge is 2.45. The first-order valence-corrected chi connectivity index (χ1v) is 21.7. The largest absolute Gasteiger partial charge is 0.0836 e. The summed E-state index contributed by atoms with van der Waals surface area (Å²) in [5, 5.41) is 5.62. The second-order valence-corrected chi connectivity index (χ2v) is 17.5. The fourth-order valence-corrected chi connectivity index (χ4v) is 12.2. The van der Waals surface area contributed by atoms with Gasteiger partial charge in [0, 0.05) is 23.7 Å². The van der Waals surface area contributed by atoms with Crippen LogP contribution in [0.2, 0.25) is 0 Å². The summed E-state index contributed by atoms with van der Waals surface area (Å²) in [5.41, 5.74) is 23.5. The van der Waals surface area contributed by atoms with Gasteiger partial charge in [0.25, 0.3) is 0 Å². The molecule has 0 amide bonds. The van der Waals surface area contributed by atoms with Gasteiger partial charge in [-0.15, -0.1) is 0 Å². The lowest BCUT2D eigenvalue weighted by Gasteiger charge is -2.35. The van der Waals surface area contributed by atoms with Crippen LogP contribution in [0.15, 0.2) is 192 Å². The third kappa shape index (κ3) is 4.64. The standard InChI is InChI=1S/C58H44/c1-3-15-38(16-4-1)52-51-34-49-43-23-10-9-22-42(43)44-24-12-26-46(54(44)49)56(51)53(39-17-5-2-6-18-39)58-50-33-40-31-29-35(28-30-37-20-11-19-36-14-7-8-21-41(36)37)32-48(40)45-25-13-27-47(55(45)50)57(52)58/h1-9,11-22,24-27,32-34,36,41,45,55H,10,23,28-31H2. The van der Waals surface area contributed by atoms with Crippen LogP contribution in [-0.4, -0.2) is 0 Å². The lowest BCUT2D eigenvalue weighted by Crippen LogP contribution is -2.22. The Morgan fingerprint density at radius 3 is 2.21 bits per heavy atom. The van der Waals surface area contributed by atoms with Gasteiger partial charge in [-0.3, -0.25) is 0 Å². The van der Waals surface area contributed by atoms with Crippen LogP contribution in [0.4, 0.5) is 0 Å². The molecule has 0 heteroatoms. The summed E-state index contributed by atoms with van der Waals surface area (Å²) in [6.45, 7) is 0. The van der Waals surface area contributed by atoms with Gasteiger partial charge in [-0.2, -0.15) is 0 Å². The molecule has 0 fully saturated rings. The second-order valence-electron chi connectivity index (χ2n) is 17.5. The summed E-state index contributed by atoms with van der Waals surface area (Å²) < 4.78 is 0. The molecule has 276 valence electrons. The summed E-state index contributed by atoms with van der Waals surface area (Å²) in [5.74, 6) is 1.66. The van der Waals surface area contributed by atoms with Crippen molar-refractivity contribution in [2.45, 2.75) is 38.5 Å². The minimum absolute atomic E-state index is 0.300. The van der Waals surface area contributed by atoms with Gasteiger partial charge in [-0.05, 0) is 144 Å². The van der Waals surface area contributed by atoms with Gasteiger partial charge < -0.3 is 0 Å². The molecular formula is C58H44. The van der Waals surface area contributed by atoms with Crippen LogP contribution in [0.1, 0.15) is 60.8 Å². The van der Waals surface area contributed by atoms with Gasteiger partial charge in [-0.1, -0.05) is 175 Å². The molecule has 5 aromatic rings. The Kier molecular flexibility index (Phi) is 7.14. The molecule has 4 unspecified atom stereocenters. The molecule has 5 aromatic carbocycles. The molecule has 0 bridgehead atoms. The van der Waals surface area contributed by atoms with E-state index in [-0.39, 0.29) is 0 Å². The first kappa shape index (κ1) is 32.8. The van der Waals surface area contributed by atoms with Crippen molar-refractivity contribution < 1.29 is 0 Å². The van der Waals surface area contributed by atoms with Crippen molar-refractivity contribution in [2.75, 3.05) is 0 Å². The van der Waals surface area contributed by atoms with E-state index in [1.165, 1.54) is 88.3 Å². The molecular weight excluding hydrogens is 697 g/mol. The quantitative estimate of drug-likeness (QED) is 0.157. The third-order valence-electron chi connectivity index (χ3n) is 14.7. The smallest absolute Gasteiger partial charge is 0.0206 e. The summed E-state index contributed by atoms with van der Waals surface area (Å²) >= 11 is 0. The number of hydrogen-bond donors (Lipinski definition) is 0. The Bertz CT molecular complexity index is 3030. The first-order chi connectivity index (χ1) is 28.8. The van der Waals surface area contributed by atoms with E-state index < -0.39 is 0 Å². The maximum absolute atomic E-state index is 2.67. The molecule has 58 heavy (non-hydrogen) atoms. The van der Waals surface area contributed by atoms with Crippen molar-refractivity contribution in [3.8, 4) is 22.3 Å². The zero-order valence-corrected chi connectivity index (χ0v) is 32.7. The highest BCUT2D eigenvalue weighted by molar-refractivity contribution is 6.30. The normalized spacial score (nSPS) is 24.0. The van der Waals surface area contributed by atoms with Gasteiger partial charge in [0.2, 0.25) is 0 Å². The van der Waals surface area contributed by atoms with E-state index in [4.69, 9.17) is 0 Å². The molecule has 0 N–H and O–H groups in total. The van der Waals surface area contributed by atoms with Crippen LogP contribution < -0.4 is 0 Å². The molecule has 0 heterocycles. The van der Waals surface area contributed by atoms with Crippen molar-refractivity contribution >= 4 is 43.8 Å². The van der Waals surface area contributed by atoms with E-state index in [9.17, 15) is 0 Å². The number of benzene rings is 5. The van der Waals surface area contributed by atoms with Crippen LogP contribution in [-0.2, 0) is 0 Å². The predicted molar refractivity (Wildman–Crippen MR) is 246 cm³/mol. The SMILES string of the molecule is C1=CC2C=CC=C(CCC3=CC4=C(C=C5c6c(c(-c7ccccc7)c7cc8c9c(cccc9c7c6-c6ccccc6)C6=C8CCC=C6)C6=CC=CC4C65)CC3)C2C=C1. The van der Waals surface area contributed by atoms with Gasteiger partial charge in [0.1, 0.15) is 0 Å². The highest BCUT2D eigenvalue weighted by Crippen LogP contribution is 2.63. The highest BCUT2D eigenvalue weighted by atomic mass is 14.5. The number of fused-ring (bicyclic) bond motifs is 9. The molecule has 8 aliphatic carbocycles. The zero-order valence-electron chi connectivity index (χ0n) is 32.7. The first-order valence-electron chi connectivity index (χ1n) is 21.7. The Morgan fingerprint density at radius 2 is 1.33 bits per heavy atom. The van der Waals surface area contributed by atoms with E-state index in [0.717, 1.165) is 38.5 Å². The van der Waals surface area contributed by atoms with Crippen LogP contribution in [0, 0.1) is 23.7 Å². The van der Waals surface area contributed by atoms with E-state index in [1.54, 1.807) is 22.3 Å². The fraction of sp³-hybridized carbons (Fsp3) is 0.172. The minimum atomic E-state index is 0.300. The molecule has 0 aliphatic heterocycles. The van der Waals surface area contributed by atoms with E-state index in [2.05, 4.69) is 170 Å². The van der Waals surface area contributed by atoms with E-state index in [0.29, 0.717) is 23.7 Å². The average Bonchev–Trinajstić information content (AvgIpc) is 3.79. The minimum Gasteiger partial charge on any atom is -0.0836 e. The maximum Gasteiger partial charge on any atom is 0.0206 e. The molecule has 0 saturated heterocycles. The molecule has 0 nitrogen and oxygen atoms in total. The number of rotatable bonds is 5. The summed E-state index contributed by atoms with van der Waals surface area (Å²) in [4.78, 5) is 0. The molecule has 0 radical (unpaired) electrons. The zero-order chi connectivity index (χ0) is 37.9. The third-order valence-corrected chi connectivity index (χ3v) is 14.7. The lowest BCUT2D eigenvalue weighted by atomic mass is 9.68. The Morgan fingerprint density at radius 1 is 0.552 bits per heavy atom. The maximum atomic E-state index is 2.67. The second kappa shape index (κ2) is 12.6. The van der Waals surface area contributed by atoms with Gasteiger partial charge in [-0.25, -0.2) is 0 Å². The van der Waals surface area contributed by atoms with Crippen molar-refractivity contribution in [1.82, 2.24) is 0 Å². The van der Waals surface area contributed by atoms with Crippen molar-refractivity contribution in [2.24, 2.45) is 23.7 Å². The molecule has 4 atom stereocenters. The lowest BCUT2D eigenvalue weighted by molar-refractivity contribution is 0.591. The molecule has 0 spiro atoms. The van der Waals surface area contributed by atoms with Crippen LogP contribution in [0.3, 0.4) is 0 Å². The van der Waals surface area contributed by atoms with Crippen LogP contribution in [0.5, 0.6) is 0 Å². The van der Waals surface area contributed by atoms with Gasteiger partial charge >= 0.3 is 0 Å². The monoisotopic (exact) mass is 740 g/mol. The van der Waals surface area contributed by atoms with Crippen LogP contribution in [0.25, 0.3) is 66.1 Å². The van der Waals surface area contributed by atoms with Gasteiger partial charge in [0.05, 0.1) is 0 Å². The average molecular weight is 741 g/mol. The van der Waals surface area contributed by atoms with E-state index >= 15 is 0 Å². The molecule has 0 aromatic heterocycles. The summed E-state index contributed by atoms with van der Waals surface area (Å²) in [7, 11) is 0. The molecule has 13 rings (SSSR count).